The Morgan fingerprint density at radius 3 is 2.96 bits per heavy atom. The largest absolute Gasteiger partial charge is 0.455 e. The van der Waals surface area contributed by atoms with E-state index in [0.29, 0.717) is 0 Å². The van der Waals surface area contributed by atoms with Crippen molar-refractivity contribution in [3.05, 3.63) is 14.3 Å². The van der Waals surface area contributed by atoms with Crippen molar-refractivity contribution in [1.29, 1.82) is 0 Å². The molecule has 1 aliphatic rings. The molecule has 1 saturated heterocycles. The highest BCUT2D eigenvalue weighted by molar-refractivity contribution is 7.73. The van der Waals surface area contributed by atoms with Crippen molar-refractivity contribution in [2.75, 3.05) is 12.3 Å². The lowest BCUT2D eigenvalue weighted by molar-refractivity contribution is -0.155. The molecule has 10 nitrogen and oxygen atoms in total. The van der Waals surface area contributed by atoms with E-state index < -0.39 is 42.7 Å². The van der Waals surface area contributed by atoms with E-state index in [9.17, 15) is 19.8 Å². The van der Waals surface area contributed by atoms with Crippen molar-refractivity contribution in [1.82, 2.24) is 14.5 Å². The van der Waals surface area contributed by atoms with Crippen molar-refractivity contribution in [2.24, 2.45) is 0 Å². The normalized spacial score (nSPS) is 26.8. The van der Waals surface area contributed by atoms with Crippen LogP contribution in [0.15, 0.2) is 4.79 Å². The molecule has 2 aromatic heterocycles. The molecular weight excluding hydrogens is 360 g/mol. The molecule has 0 amide bonds. The third kappa shape index (κ3) is 2.71. The molecule has 1 fully saturated rings. The fourth-order valence-electron chi connectivity index (χ4n) is 2.57. The van der Waals surface area contributed by atoms with Crippen LogP contribution in [-0.2, 0) is 14.3 Å². The molecule has 12 heteroatoms. The maximum atomic E-state index is 12.0. The Kier molecular flexibility index (Phi) is 4.40. The van der Waals surface area contributed by atoms with E-state index in [1.165, 1.54) is 11.5 Å². The minimum absolute atomic E-state index is 0.115. The van der Waals surface area contributed by atoms with Crippen LogP contribution in [0.3, 0.4) is 0 Å². The number of H-pyrrole nitrogens is 1. The number of hydrogen-bond acceptors (Lipinski definition) is 10. The zero-order valence-electron chi connectivity index (χ0n) is 12.3. The number of rotatable bonds is 3. The van der Waals surface area contributed by atoms with Gasteiger partial charge in [0.15, 0.2) is 21.9 Å². The number of ether oxygens (including phenoxy) is 2. The number of nitrogens with one attached hydrogen (secondary N) is 1. The Hall–Kier alpha value is -1.86. The predicted molar refractivity (Wildman–Crippen MR) is 86.0 cm³/mol. The van der Waals surface area contributed by atoms with Gasteiger partial charge in [0.25, 0.3) is 5.56 Å². The van der Waals surface area contributed by atoms with Gasteiger partial charge in [0.2, 0.25) is 5.95 Å². The Morgan fingerprint density at radius 2 is 2.33 bits per heavy atom. The van der Waals surface area contributed by atoms with Gasteiger partial charge in [0, 0.05) is 6.92 Å². The molecule has 0 aromatic carbocycles. The number of esters is 1. The number of aliphatic hydroxyl groups excluding tert-OH is 2. The van der Waals surface area contributed by atoms with E-state index in [2.05, 4.69) is 9.97 Å². The van der Waals surface area contributed by atoms with Crippen molar-refractivity contribution in [3.63, 3.8) is 0 Å². The molecule has 2 aromatic rings. The van der Waals surface area contributed by atoms with E-state index in [4.69, 9.17) is 27.4 Å². The summed E-state index contributed by atoms with van der Waals surface area (Å²) in [5.74, 6) is -0.752. The average Bonchev–Trinajstić information content (AvgIpc) is 2.97. The van der Waals surface area contributed by atoms with Crippen molar-refractivity contribution in [2.45, 2.75) is 31.5 Å². The second kappa shape index (κ2) is 6.22. The lowest BCUT2D eigenvalue weighted by Crippen LogP contribution is -2.36. The van der Waals surface area contributed by atoms with Crippen molar-refractivity contribution >= 4 is 45.8 Å². The molecule has 0 spiro atoms. The van der Waals surface area contributed by atoms with Gasteiger partial charge in [0.05, 0.1) is 6.61 Å². The molecule has 5 N–H and O–H groups in total. The van der Waals surface area contributed by atoms with Gasteiger partial charge in [-0.1, -0.05) is 11.3 Å². The number of fused-ring (bicyclic) bond motifs is 1. The van der Waals surface area contributed by atoms with Gasteiger partial charge < -0.3 is 25.4 Å². The van der Waals surface area contributed by atoms with Gasteiger partial charge in [-0.15, -0.1) is 0 Å². The topological polar surface area (TPSA) is 153 Å². The van der Waals surface area contributed by atoms with Crippen molar-refractivity contribution in [3.8, 4) is 0 Å². The molecule has 3 heterocycles. The van der Waals surface area contributed by atoms with Gasteiger partial charge >= 0.3 is 5.97 Å². The number of nitrogens with two attached hydrogens (primary N) is 1. The summed E-state index contributed by atoms with van der Waals surface area (Å²) >= 11 is 6.24. The van der Waals surface area contributed by atoms with E-state index in [1.807, 2.05) is 0 Å². The van der Waals surface area contributed by atoms with E-state index in [1.54, 1.807) is 0 Å². The van der Waals surface area contributed by atoms with Gasteiger partial charge in [-0.05, 0) is 12.2 Å². The van der Waals surface area contributed by atoms with Gasteiger partial charge in [-0.3, -0.25) is 19.1 Å². The zero-order chi connectivity index (χ0) is 17.6. The lowest BCUT2D eigenvalue weighted by atomic mass is 10.1. The molecule has 0 bridgehead atoms. The zero-order valence-corrected chi connectivity index (χ0v) is 14.0. The van der Waals surface area contributed by atoms with Crippen LogP contribution >= 0.6 is 23.6 Å². The van der Waals surface area contributed by atoms with Crippen LogP contribution in [0.5, 0.6) is 0 Å². The molecule has 3 rings (SSSR count). The highest BCUT2D eigenvalue weighted by atomic mass is 32.1. The standard InChI is InChI=1S/C12H14N4O6S2/c1-3(18)21-6-5(19)4(2-17)22-10(6)16-8-7(24-12(16)23)9(20)15-11(13)14-8/h4-6,10,17,19H,2H2,1H3,(H3,13,14,15,20)/t4-,5+,6-,10-/m1/s1. The second-order valence-electron chi connectivity index (χ2n) is 5.15. The predicted octanol–water partition coefficient (Wildman–Crippen LogP) is -0.720. The number of aromatic nitrogens is 3. The number of aliphatic hydroxyl groups is 2. The first kappa shape index (κ1) is 17.0. The molecule has 4 atom stereocenters. The third-order valence-corrected chi connectivity index (χ3v) is 4.93. The van der Waals surface area contributed by atoms with Crippen LogP contribution in [0, 0.1) is 3.95 Å². The fraction of sp³-hybridized carbons (Fsp3) is 0.500. The molecule has 1 aliphatic heterocycles. The number of nitrogens with zero attached hydrogens (tertiary/aromatic N) is 2. The maximum absolute atomic E-state index is 12.0. The van der Waals surface area contributed by atoms with Crippen molar-refractivity contribution < 1.29 is 24.5 Å². The van der Waals surface area contributed by atoms with Crippen LogP contribution in [0.25, 0.3) is 10.3 Å². The first-order valence-electron chi connectivity index (χ1n) is 6.86. The van der Waals surface area contributed by atoms with E-state index >= 15 is 0 Å². The number of carbonyl (C=O) groups is 1. The Morgan fingerprint density at radius 1 is 1.62 bits per heavy atom. The average molecular weight is 374 g/mol. The van der Waals surface area contributed by atoms with Crippen LogP contribution in [0.1, 0.15) is 13.2 Å². The summed E-state index contributed by atoms with van der Waals surface area (Å²) in [5, 5.41) is 19.5. The molecule has 0 aliphatic carbocycles. The summed E-state index contributed by atoms with van der Waals surface area (Å²) < 4.78 is 12.5. The van der Waals surface area contributed by atoms with Crippen LogP contribution in [0.4, 0.5) is 5.95 Å². The molecule has 24 heavy (non-hydrogen) atoms. The number of hydrogen-bond donors (Lipinski definition) is 4. The van der Waals surface area contributed by atoms with Gasteiger partial charge in [-0.2, -0.15) is 4.98 Å². The monoisotopic (exact) mass is 374 g/mol. The van der Waals surface area contributed by atoms with Gasteiger partial charge in [-0.25, -0.2) is 0 Å². The minimum Gasteiger partial charge on any atom is -0.455 e. The molecule has 0 unspecified atom stereocenters. The summed E-state index contributed by atoms with van der Waals surface area (Å²) in [6.45, 7) is 0.697. The molecule has 0 saturated carbocycles. The number of carbonyl (C=O) groups excluding carboxylic acids is 1. The number of anilines is 1. The smallest absolute Gasteiger partial charge is 0.303 e. The van der Waals surface area contributed by atoms with E-state index in [-0.39, 0.29) is 20.2 Å². The third-order valence-electron chi connectivity index (χ3n) is 3.54. The highest BCUT2D eigenvalue weighted by Crippen LogP contribution is 2.35. The first-order chi connectivity index (χ1) is 11.3. The number of thiazole rings is 1. The SMILES string of the molecule is CC(=O)O[C@@H]1[C@@H](O)[C@@H](CO)O[C@H]1n1c(=S)sc2c(=O)[nH]c(N)nc21. The quantitative estimate of drug-likeness (QED) is 0.403. The molecule has 130 valence electrons. The van der Waals surface area contributed by atoms with Crippen LogP contribution in [-0.4, -0.2) is 55.6 Å². The Bertz CT molecular complexity index is 905. The summed E-state index contributed by atoms with van der Waals surface area (Å²) in [5.41, 5.74) is 5.26. The maximum Gasteiger partial charge on any atom is 0.303 e. The van der Waals surface area contributed by atoms with Crippen LogP contribution < -0.4 is 11.3 Å². The van der Waals surface area contributed by atoms with Crippen LogP contribution in [0.2, 0.25) is 0 Å². The summed E-state index contributed by atoms with van der Waals surface area (Å²) in [6, 6.07) is 0. The van der Waals surface area contributed by atoms with E-state index in [0.717, 1.165) is 11.3 Å². The number of nitrogen functional groups attached to an aromatic ring is 1. The fourth-order valence-corrected chi connectivity index (χ4v) is 3.85. The lowest BCUT2D eigenvalue weighted by Gasteiger charge is -2.21. The first-order valence-corrected chi connectivity index (χ1v) is 8.08. The highest BCUT2D eigenvalue weighted by Gasteiger charge is 2.47. The second-order valence-corrected chi connectivity index (χ2v) is 6.80. The molecular formula is C12H14N4O6S2. The van der Waals surface area contributed by atoms with Gasteiger partial charge in [0.1, 0.15) is 16.9 Å². The summed E-state index contributed by atoms with van der Waals surface area (Å²) in [7, 11) is 0. The summed E-state index contributed by atoms with van der Waals surface area (Å²) in [4.78, 5) is 29.7. The Labute approximate surface area is 143 Å². The minimum atomic E-state index is -1.26. The number of aromatic amines is 1. The molecule has 0 radical (unpaired) electrons. The Balaban J connectivity index is 2.17. The summed E-state index contributed by atoms with van der Waals surface area (Å²) in [6.07, 6.45) is -4.40.